The molecule has 24 heavy (non-hydrogen) atoms. The molecule has 2 rings (SSSR count). The lowest BCUT2D eigenvalue weighted by molar-refractivity contribution is -0.119. The number of nitrogens with one attached hydrogen (secondary N) is 1. The second-order valence-electron chi connectivity index (χ2n) is 5.49. The van der Waals surface area contributed by atoms with E-state index in [1.54, 1.807) is 36.4 Å². The summed E-state index contributed by atoms with van der Waals surface area (Å²) in [6, 6.07) is 13.2. The van der Waals surface area contributed by atoms with E-state index in [9.17, 15) is 19.8 Å². The van der Waals surface area contributed by atoms with E-state index in [4.69, 9.17) is 5.73 Å². The van der Waals surface area contributed by atoms with Crippen LogP contribution in [-0.2, 0) is 4.79 Å². The third kappa shape index (κ3) is 4.18. The molecule has 2 atom stereocenters. The van der Waals surface area contributed by atoms with Crippen molar-refractivity contribution in [2.24, 2.45) is 0 Å². The molecule has 0 radical (unpaired) electrons. The van der Waals surface area contributed by atoms with Gasteiger partial charge in [0.2, 0.25) is 5.91 Å². The largest absolute Gasteiger partial charge is 0.398 e. The quantitative estimate of drug-likeness (QED) is 0.467. The molecule has 2 aromatic rings. The molecular formula is C18H20N2O4. The molecule has 126 valence electrons. The van der Waals surface area contributed by atoms with Crippen LogP contribution in [0.4, 0.5) is 5.69 Å². The number of hydrogen-bond donors (Lipinski definition) is 4. The Kier molecular flexibility index (Phi) is 5.68. The van der Waals surface area contributed by atoms with E-state index in [-0.39, 0.29) is 29.5 Å². The Morgan fingerprint density at radius 2 is 1.79 bits per heavy atom. The van der Waals surface area contributed by atoms with Crippen LogP contribution < -0.4 is 11.1 Å². The maximum Gasteiger partial charge on any atom is 0.216 e. The fraction of sp³-hybridized carbons (Fsp3) is 0.222. The first-order chi connectivity index (χ1) is 11.4. The van der Waals surface area contributed by atoms with E-state index < -0.39 is 12.2 Å². The van der Waals surface area contributed by atoms with Gasteiger partial charge in [-0.3, -0.25) is 9.59 Å². The van der Waals surface area contributed by atoms with Gasteiger partial charge in [0.1, 0.15) is 12.2 Å². The van der Waals surface area contributed by atoms with Crippen LogP contribution in [0.1, 0.15) is 34.5 Å². The molecule has 2 aromatic carbocycles. The van der Waals surface area contributed by atoms with Gasteiger partial charge in [-0.1, -0.05) is 36.4 Å². The molecule has 0 aliphatic rings. The summed E-state index contributed by atoms with van der Waals surface area (Å²) < 4.78 is 0. The molecule has 2 unspecified atom stereocenters. The first-order valence-corrected chi connectivity index (χ1v) is 7.50. The lowest BCUT2D eigenvalue weighted by Gasteiger charge is -2.19. The fourth-order valence-corrected chi connectivity index (χ4v) is 2.28. The highest BCUT2D eigenvalue weighted by Crippen LogP contribution is 2.24. The van der Waals surface area contributed by atoms with Crippen LogP contribution in [0.3, 0.4) is 0 Å². The van der Waals surface area contributed by atoms with Gasteiger partial charge in [-0.15, -0.1) is 0 Å². The predicted molar refractivity (Wildman–Crippen MR) is 90.4 cm³/mol. The molecule has 0 fully saturated rings. The maximum absolute atomic E-state index is 12.5. The summed E-state index contributed by atoms with van der Waals surface area (Å²) in [5, 5.41) is 22.6. The number of anilines is 1. The van der Waals surface area contributed by atoms with E-state index in [1.165, 1.54) is 19.1 Å². The van der Waals surface area contributed by atoms with E-state index >= 15 is 0 Å². The first kappa shape index (κ1) is 17.7. The van der Waals surface area contributed by atoms with Gasteiger partial charge in [-0.2, -0.15) is 0 Å². The van der Waals surface area contributed by atoms with Crippen molar-refractivity contribution in [3.63, 3.8) is 0 Å². The summed E-state index contributed by atoms with van der Waals surface area (Å²) in [5.41, 5.74) is 7.25. The third-order valence-electron chi connectivity index (χ3n) is 3.62. The molecular weight excluding hydrogens is 308 g/mol. The average molecular weight is 328 g/mol. The molecule has 0 saturated carbocycles. The number of rotatable bonds is 6. The minimum Gasteiger partial charge on any atom is -0.398 e. The summed E-state index contributed by atoms with van der Waals surface area (Å²) in [6.45, 7) is 1.22. The number of ketones is 1. The number of carbonyl (C=O) groups is 2. The van der Waals surface area contributed by atoms with Crippen LogP contribution in [0.2, 0.25) is 0 Å². The van der Waals surface area contributed by atoms with Crippen LogP contribution in [0, 0.1) is 0 Å². The van der Waals surface area contributed by atoms with E-state index in [0.29, 0.717) is 11.1 Å². The maximum atomic E-state index is 12.5. The molecule has 5 N–H and O–H groups in total. The van der Waals surface area contributed by atoms with Crippen molar-refractivity contribution in [2.45, 2.75) is 19.1 Å². The summed E-state index contributed by atoms with van der Waals surface area (Å²) in [5.74, 6) is -0.572. The SMILES string of the molecule is CC(=O)NCC(O)C(O)c1ccc(N)c(C(=O)c2ccccc2)c1. The van der Waals surface area contributed by atoms with Crippen LogP contribution in [0.5, 0.6) is 0 Å². The van der Waals surface area contributed by atoms with Crippen LogP contribution >= 0.6 is 0 Å². The van der Waals surface area contributed by atoms with Crippen molar-refractivity contribution in [2.75, 3.05) is 12.3 Å². The highest BCUT2D eigenvalue weighted by atomic mass is 16.3. The first-order valence-electron chi connectivity index (χ1n) is 7.50. The van der Waals surface area contributed by atoms with Gasteiger partial charge in [0.15, 0.2) is 5.78 Å². The number of nitrogen functional groups attached to an aromatic ring is 1. The van der Waals surface area contributed by atoms with E-state index in [1.807, 2.05) is 0 Å². The Morgan fingerprint density at radius 3 is 2.42 bits per heavy atom. The van der Waals surface area contributed by atoms with Crippen LogP contribution in [0.15, 0.2) is 48.5 Å². The molecule has 0 spiro atoms. The van der Waals surface area contributed by atoms with Gasteiger partial charge in [0, 0.05) is 30.3 Å². The van der Waals surface area contributed by atoms with Crippen LogP contribution in [-0.4, -0.2) is 34.6 Å². The highest BCUT2D eigenvalue weighted by molar-refractivity contribution is 6.12. The second-order valence-corrected chi connectivity index (χ2v) is 5.49. The summed E-state index contributed by atoms with van der Waals surface area (Å²) >= 11 is 0. The number of hydrogen-bond acceptors (Lipinski definition) is 5. The van der Waals surface area contributed by atoms with E-state index in [0.717, 1.165) is 0 Å². The fourth-order valence-electron chi connectivity index (χ4n) is 2.28. The molecule has 6 nitrogen and oxygen atoms in total. The van der Waals surface area contributed by atoms with Crippen molar-refractivity contribution in [3.8, 4) is 0 Å². The van der Waals surface area contributed by atoms with Gasteiger partial charge in [-0.25, -0.2) is 0 Å². The molecule has 0 aliphatic carbocycles. The Hall–Kier alpha value is -2.70. The third-order valence-corrected chi connectivity index (χ3v) is 3.62. The molecule has 0 aromatic heterocycles. The standard InChI is InChI=1S/C18H20N2O4/c1-11(21)20-10-16(22)18(24)13-7-8-15(19)14(9-13)17(23)12-5-3-2-4-6-12/h2-9,16,18,22,24H,10,19H2,1H3,(H,20,21). The minimum atomic E-state index is -1.25. The zero-order valence-electron chi connectivity index (χ0n) is 13.3. The molecule has 6 heteroatoms. The average Bonchev–Trinajstić information content (AvgIpc) is 2.59. The van der Waals surface area contributed by atoms with Crippen LogP contribution in [0.25, 0.3) is 0 Å². The molecule has 0 bridgehead atoms. The number of aliphatic hydroxyl groups is 2. The Bertz CT molecular complexity index is 731. The summed E-state index contributed by atoms with van der Waals surface area (Å²) in [6.07, 6.45) is -2.45. The van der Waals surface area contributed by atoms with Crippen molar-refractivity contribution in [3.05, 3.63) is 65.2 Å². The number of aliphatic hydroxyl groups excluding tert-OH is 2. The number of nitrogens with two attached hydrogens (primary N) is 1. The normalized spacial score (nSPS) is 13.1. The summed E-state index contributed by atoms with van der Waals surface area (Å²) in [7, 11) is 0. The Labute approximate surface area is 139 Å². The topological polar surface area (TPSA) is 113 Å². The van der Waals surface area contributed by atoms with Gasteiger partial charge >= 0.3 is 0 Å². The lowest BCUT2D eigenvalue weighted by atomic mass is 9.96. The zero-order chi connectivity index (χ0) is 17.7. The van der Waals surface area contributed by atoms with Gasteiger partial charge in [0.05, 0.1) is 0 Å². The Morgan fingerprint density at radius 1 is 1.12 bits per heavy atom. The minimum absolute atomic E-state index is 0.0944. The molecule has 1 amide bonds. The second kappa shape index (κ2) is 7.72. The smallest absolute Gasteiger partial charge is 0.216 e. The van der Waals surface area contributed by atoms with Gasteiger partial charge in [0.25, 0.3) is 0 Å². The zero-order valence-corrected chi connectivity index (χ0v) is 13.3. The molecule has 0 aliphatic heterocycles. The molecule has 0 saturated heterocycles. The molecule has 0 heterocycles. The van der Waals surface area contributed by atoms with Crippen molar-refractivity contribution >= 4 is 17.4 Å². The van der Waals surface area contributed by atoms with E-state index in [2.05, 4.69) is 5.32 Å². The van der Waals surface area contributed by atoms with Crippen molar-refractivity contribution in [1.82, 2.24) is 5.32 Å². The van der Waals surface area contributed by atoms with Crippen molar-refractivity contribution in [1.29, 1.82) is 0 Å². The van der Waals surface area contributed by atoms with Crippen molar-refractivity contribution < 1.29 is 19.8 Å². The monoisotopic (exact) mass is 328 g/mol. The highest BCUT2D eigenvalue weighted by Gasteiger charge is 2.21. The number of amides is 1. The summed E-state index contributed by atoms with van der Waals surface area (Å²) in [4.78, 5) is 23.4. The number of benzene rings is 2. The predicted octanol–water partition coefficient (Wildman–Crippen LogP) is 1.03. The lowest BCUT2D eigenvalue weighted by Crippen LogP contribution is -2.34. The van der Waals surface area contributed by atoms with Gasteiger partial charge in [-0.05, 0) is 17.7 Å². The Balaban J connectivity index is 2.25. The number of carbonyl (C=O) groups excluding carboxylic acids is 2. The van der Waals surface area contributed by atoms with Gasteiger partial charge < -0.3 is 21.3 Å².